The Balaban J connectivity index is 2.15. The van der Waals surface area contributed by atoms with Crippen molar-refractivity contribution in [2.24, 2.45) is 0 Å². The average Bonchev–Trinajstić information content (AvgIpc) is 2.95. The van der Waals surface area contributed by atoms with E-state index >= 15 is 0 Å². The second-order valence-corrected chi connectivity index (χ2v) is 9.60. The lowest BCUT2D eigenvalue weighted by molar-refractivity contribution is 0.122. The van der Waals surface area contributed by atoms with E-state index in [4.69, 9.17) is 4.74 Å². The molecule has 1 aliphatic rings. The molecule has 1 aliphatic heterocycles. The fraction of sp³-hybridized carbons (Fsp3) is 0.571. The van der Waals surface area contributed by atoms with E-state index in [-0.39, 0.29) is 17.1 Å². The van der Waals surface area contributed by atoms with Gasteiger partial charge in [0.05, 0.1) is 29.0 Å². The Bertz CT molecular complexity index is 821. The van der Waals surface area contributed by atoms with E-state index in [1.54, 1.807) is 7.11 Å². The lowest BCUT2D eigenvalue weighted by Crippen LogP contribution is -2.52. The second kappa shape index (κ2) is 7.54. The molecular weight excluding hydrogens is 373 g/mol. The summed E-state index contributed by atoms with van der Waals surface area (Å²) in [4.78, 5) is -0.283. The number of nitrogens with one attached hydrogen (secondary N) is 3. The maximum absolute atomic E-state index is 14.0. The van der Waals surface area contributed by atoms with Crippen LogP contribution in [0, 0.1) is 5.82 Å². The van der Waals surface area contributed by atoms with Crippen molar-refractivity contribution >= 4 is 25.7 Å². The number of rotatable bonds is 8. The summed E-state index contributed by atoms with van der Waals surface area (Å²) < 4.78 is 70.7. The molecule has 0 amide bonds. The molecule has 1 heterocycles. The van der Waals surface area contributed by atoms with Crippen LogP contribution in [0.15, 0.2) is 23.1 Å². The standard InChI is InChI=1S/C14H22FN3O5S2/c1-23-10-14(6-3-7-16-14)9-17-25(21,22)11-4-5-13(12(15)8-11)18-24(2,19)20/h4-5,8,16-18H,3,6-7,9-10H2,1-2H3. The van der Waals surface area contributed by atoms with Gasteiger partial charge in [0, 0.05) is 13.7 Å². The Hall–Kier alpha value is -1.27. The average molecular weight is 395 g/mol. The number of halogens is 1. The third-order valence-corrected chi connectivity index (χ3v) is 5.89. The van der Waals surface area contributed by atoms with Crippen molar-refractivity contribution in [3.8, 4) is 0 Å². The van der Waals surface area contributed by atoms with Crippen molar-refractivity contribution < 1.29 is 26.0 Å². The summed E-state index contributed by atoms with van der Waals surface area (Å²) >= 11 is 0. The molecule has 0 aromatic heterocycles. The topological polar surface area (TPSA) is 114 Å². The highest BCUT2D eigenvalue weighted by molar-refractivity contribution is 7.92. The summed E-state index contributed by atoms with van der Waals surface area (Å²) in [7, 11) is -6.07. The number of anilines is 1. The van der Waals surface area contributed by atoms with Crippen LogP contribution in [0.2, 0.25) is 0 Å². The van der Waals surface area contributed by atoms with Crippen LogP contribution >= 0.6 is 0 Å². The van der Waals surface area contributed by atoms with Gasteiger partial charge < -0.3 is 10.1 Å². The van der Waals surface area contributed by atoms with Crippen LogP contribution in [0.1, 0.15) is 12.8 Å². The van der Waals surface area contributed by atoms with Crippen molar-refractivity contribution in [3.05, 3.63) is 24.0 Å². The Morgan fingerprint density at radius 1 is 1.32 bits per heavy atom. The molecule has 0 saturated carbocycles. The molecule has 1 aromatic rings. The lowest BCUT2D eigenvalue weighted by atomic mass is 9.99. The molecule has 0 aliphatic carbocycles. The van der Waals surface area contributed by atoms with E-state index < -0.39 is 31.4 Å². The van der Waals surface area contributed by atoms with E-state index in [2.05, 4.69) is 10.0 Å². The summed E-state index contributed by atoms with van der Waals surface area (Å²) in [6.07, 6.45) is 2.54. The molecule has 8 nitrogen and oxygen atoms in total. The minimum Gasteiger partial charge on any atom is -0.383 e. The zero-order chi connectivity index (χ0) is 18.7. The van der Waals surface area contributed by atoms with Crippen LogP contribution in [0.25, 0.3) is 0 Å². The van der Waals surface area contributed by atoms with Crippen LogP contribution in [0.4, 0.5) is 10.1 Å². The van der Waals surface area contributed by atoms with Gasteiger partial charge in [0.2, 0.25) is 20.0 Å². The first kappa shape index (κ1) is 20.0. The fourth-order valence-electron chi connectivity index (χ4n) is 2.73. The molecule has 11 heteroatoms. The minimum atomic E-state index is -3.95. The Kier molecular flexibility index (Phi) is 6.05. The maximum atomic E-state index is 14.0. The predicted molar refractivity (Wildman–Crippen MR) is 91.9 cm³/mol. The molecule has 0 spiro atoms. The van der Waals surface area contributed by atoms with Crippen molar-refractivity contribution in [2.75, 3.05) is 37.8 Å². The predicted octanol–water partition coefficient (Wildman–Crippen LogP) is 0.244. The quantitative estimate of drug-likeness (QED) is 0.581. The largest absolute Gasteiger partial charge is 0.383 e. The van der Waals surface area contributed by atoms with Gasteiger partial charge in [0.15, 0.2) is 0 Å². The van der Waals surface area contributed by atoms with E-state index in [0.29, 0.717) is 6.61 Å². The van der Waals surface area contributed by atoms with Crippen molar-refractivity contribution in [3.63, 3.8) is 0 Å². The summed E-state index contributed by atoms with van der Waals surface area (Å²) in [6, 6.07) is 2.99. The minimum absolute atomic E-state index is 0.105. The first-order chi connectivity index (χ1) is 11.6. The number of sulfonamides is 2. The van der Waals surface area contributed by atoms with Gasteiger partial charge >= 0.3 is 0 Å². The normalized spacial score (nSPS) is 21.4. The Morgan fingerprint density at radius 2 is 2.04 bits per heavy atom. The molecule has 1 fully saturated rings. The van der Waals surface area contributed by atoms with Crippen LogP contribution in [0.5, 0.6) is 0 Å². The van der Waals surface area contributed by atoms with Gasteiger partial charge in [-0.2, -0.15) is 0 Å². The summed E-state index contributed by atoms with van der Waals surface area (Å²) in [6.45, 7) is 1.22. The molecule has 1 atom stereocenters. The van der Waals surface area contributed by atoms with Gasteiger partial charge in [-0.1, -0.05) is 0 Å². The zero-order valence-electron chi connectivity index (χ0n) is 14.0. The van der Waals surface area contributed by atoms with Gasteiger partial charge in [-0.15, -0.1) is 0 Å². The SMILES string of the molecule is COCC1(CNS(=O)(=O)c2ccc(NS(C)(=O)=O)c(F)c2)CCCN1. The molecule has 1 unspecified atom stereocenters. The number of hydrogen-bond donors (Lipinski definition) is 3. The third-order valence-electron chi connectivity index (χ3n) is 3.90. The number of hydrogen-bond acceptors (Lipinski definition) is 6. The number of ether oxygens (including phenoxy) is 1. The van der Waals surface area contributed by atoms with E-state index in [1.807, 2.05) is 4.72 Å². The molecule has 1 saturated heterocycles. The van der Waals surface area contributed by atoms with Crippen molar-refractivity contribution in [2.45, 2.75) is 23.3 Å². The van der Waals surface area contributed by atoms with Gasteiger partial charge in [0.25, 0.3) is 0 Å². The number of methoxy groups -OCH3 is 1. The third kappa shape index (κ3) is 5.35. The van der Waals surface area contributed by atoms with Crippen LogP contribution in [-0.4, -0.2) is 55.4 Å². The highest BCUT2D eigenvalue weighted by Gasteiger charge is 2.34. The summed E-state index contributed by atoms with van der Waals surface area (Å²) in [5, 5.41) is 3.24. The van der Waals surface area contributed by atoms with Gasteiger partial charge in [-0.05, 0) is 37.6 Å². The van der Waals surface area contributed by atoms with Gasteiger partial charge in [0.1, 0.15) is 5.82 Å². The molecule has 2 rings (SSSR count). The lowest BCUT2D eigenvalue weighted by Gasteiger charge is -2.28. The van der Waals surface area contributed by atoms with E-state index in [1.165, 1.54) is 0 Å². The Labute approximate surface area is 147 Å². The van der Waals surface area contributed by atoms with Crippen LogP contribution in [-0.2, 0) is 24.8 Å². The molecular formula is C14H22FN3O5S2. The monoisotopic (exact) mass is 395 g/mol. The van der Waals surface area contributed by atoms with Gasteiger partial charge in [-0.25, -0.2) is 25.9 Å². The first-order valence-electron chi connectivity index (χ1n) is 7.58. The van der Waals surface area contributed by atoms with E-state index in [0.717, 1.165) is 43.8 Å². The first-order valence-corrected chi connectivity index (χ1v) is 11.0. The second-order valence-electron chi connectivity index (χ2n) is 6.08. The maximum Gasteiger partial charge on any atom is 0.240 e. The molecule has 25 heavy (non-hydrogen) atoms. The number of benzene rings is 1. The zero-order valence-corrected chi connectivity index (χ0v) is 15.6. The molecule has 0 bridgehead atoms. The van der Waals surface area contributed by atoms with E-state index in [9.17, 15) is 21.2 Å². The van der Waals surface area contributed by atoms with Crippen molar-refractivity contribution in [1.82, 2.24) is 10.0 Å². The molecule has 3 N–H and O–H groups in total. The highest BCUT2D eigenvalue weighted by Crippen LogP contribution is 2.22. The smallest absolute Gasteiger partial charge is 0.240 e. The van der Waals surface area contributed by atoms with Crippen molar-refractivity contribution in [1.29, 1.82) is 0 Å². The summed E-state index contributed by atoms with van der Waals surface area (Å²) in [5.74, 6) is -0.973. The van der Waals surface area contributed by atoms with Gasteiger partial charge in [-0.3, -0.25) is 4.72 Å². The van der Waals surface area contributed by atoms with Crippen LogP contribution < -0.4 is 14.8 Å². The summed E-state index contributed by atoms with van der Waals surface area (Å²) in [5.41, 5.74) is -0.798. The molecule has 142 valence electrons. The fourth-order valence-corrected chi connectivity index (χ4v) is 4.44. The Morgan fingerprint density at radius 3 is 2.56 bits per heavy atom. The van der Waals surface area contributed by atoms with Crippen LogP contribution in [0.3, 0.4) is 0 Å². The molecule has 1 aromatic carbocycles. The highest BCUT2D eigenvalue weighted by atomic mass is 32.2. The molecule has 0 radical (unpaired) electrons.